The monoisotopic (exact) mass is 508 g/mol. The molecule has 0 radical (unpaired) electrons. The molecule has 0 aliphatic heterocycles. The molecule has 3 aromatic rings. The SMILES string of the molecule is CCNC(=NCc1ccc(-n2nc(C)cc2C)nc1)NCc1ccccc1F.I. The third-order valence-corrected chi connectivity index (χ3v) is 4.20. The molecule has 2 aromatic heterocycles. The molecular weight excluding hydrogens is 482 g/mol. The van der Waals surface area contributed by atoms with Crippen molar-refractivity contribution in [3.8, 4) is 5.82 Å². The van der Waals surface area contributed by atoms with Gasteiger partial charge in [0, 0.05) is 30.5 Å². The number of hydrogen-bond donors (Lipinski definition) is 2. The highest BCUT2D eigenvalue weighted by atomic mass is 127. The number of halogens is 2. The Morgan fingerprint density at radius 2 is 1.93 bits per heavy atom. The van der Waals surface area contributed by atoms with Crippen LogP contribution in [0.3, 0.4) is 0 Å². The largest absolute Gasteiger partial charge is 0.357 e. The van der Waals surface area contributed by atoms with E-state index in [-0.39, 0.29) is 29.8 Å². The van der Waals surface area contributed by atoms with Gasteiger partial charge in [-0.1, -0.05) is 24.3 Å². The molecule has 2 N–H and O–H groups in total. The zero-order chi connectivity index (χ0) is 19.9. The van der Waals surface area contributed by atoms with Gasteiger partial charge in [0.25, 0.3) is 0 Å². The maximum absolute atomic E-state index is 13.8. The number of pyridine rings is 1. The van der Waals surface area contributed by atoms with Crippen molar-refractivity contribution in [2.24, 2.45) is 4.99 Å². The van der Waals surface area contributed by atoms with Gasteiger partial charge >= 0.3 is 0 Å². The van der Waals surface area contributed by atoms with Crippen LogP contribution in [0.25, 0.3) is 5.82 Å². The number of guanidine groups is 1. The Morgan fingerprint density at radius 1 is 1.14 bits per heavy atom. The summed E-state index contributed by atoms with van der Waals surface area (Å²) in [5.74, 6) is 1.19. The second kappa shape index (κ2) is 10.9. The molecule has 0 aliphatic rings. The van der Waals surface area contributed by atoms with E-state index in [0.29, 0.717) is 24.6 Å². The highest BCUT2D eigenvalue weighted by Gasteiger charge is 2.06. The molecule has 0 spiro atoms. The van der Waals surface area contributed by atoms with Crippen LogP contribution < -0.4 is 10.6 Å². The maximum atomic E-state index is 13.8. The third kappa shape index (κ3) is 6.25. The standard InChI is InChI=1S/C21H25FN6.HI/c1-4-23-21(26-14-18-7-5-6-8-19(18)22)25-13-17-9-10-20(24-12-17)28-16(3)11-15(2)27-28;/h5-12H,4,13-14H2,1-3H3,(H2,23,25,26);1H. The average Bonchev–Trinajstić information content (AvgIpc) is 3.03. The number of benzene rings is 1. The number of aliphatic imine (C=N–C) groups is 1. The van der Waals surface area contributed by atoms with Gasteiger partial charge in [0.15, 0.2) is 11.8 Å². The fourth-order valence-electron chi connectivity index (χ4n) is 2.83. The van der Waals surface area contributed by atoms with Crippen LogP contribution in [0.2, 0.25) is 0 Å². The van der Waals surface area contributed by atoms with E-state index in [1.165, 1.54) is 6.07 Å². The van der Waals surface area contributed by atoms with E-state index < -0.39 is 0 Å². The van der Waals surface area contributed by atoms with Gasteiger partial charge in [-0.3, -0.25) is 0 Å². The molecule has 6 nitrogen and oxygen atoms in total. The van der Waals surface area contributed by atoms with Crippen molar-refractivity contribution in [1.29, 1.82) is 0 Å². The predicted octanol–water partition coefficient (Wildman–Crippen LogP) is 3.90. The zero-order valence-corrected chi connectivity index (χ0v) is 19.1. The minimum absolute atomic E-state index is 0. The van der Waals surface area contributed by atoms with E-state index in [1.54, 1.807) is 18.3 Å². The number of rotatable bonds is 6. The van der Waals surface area contributed by atoms with Crippen molar-refractivity contribution >= 4 is 29.9 Å². The van der Waals surface area contributed by atoms with Crippen molar-refractivity contribution in [2.45, 2.75) is 33.9 Å². The maximum Gasteiger partial charge on any atom is 0.191 e. The normalized spacial score (nSPS) is 11.1. The van der Waals surface area contributed by atoms with Crippen LogP contribution in [-0.4, -0.2) is 27.3 Å². The molecule has 0 amide bonds. The Bertz CT molecular complexity index is 952. The summed E-state index contributed by atoms with van der Waals surface area (Å²) in [6.07, 6.45) is 1.80. The summed E-state index contributed by atoms with van der Waals surface area (Å²) >= 11 is 0. The lowest BCUT2D eigenvalue weighted by atomic mass is 10.2. The highest BCUT2D eigenvalue weighted by molar-refractivity contribution is 14.0. The molecule has 2 heterocycles. The molecule has 0 aliphatic carbocycles. The van der Waals surface area contributed by atoms with Crippen molar-refractivity contribution in [2.75, 3.05) is 6.54 Å². The lowest BCUT2D eigenvalue weighted by molar-refractivity contribution is 0.604. The van der Waals surface area contributed by atoms with Crippen LogP contribution in [0, 0.1) is 19.7 Å². The molecule has 3 rings (SSSR count). The molecule has 0 saturated carbocycles. The Kier molecular flexibility index (Phi) is 8.56. The van der Waals surface area contributed by atoms with Gasteiger partial charge in [0.05, 0.1) is 12.2 Å². The van der Waals surface area contributed by atoms with Crippen LogP contribution in [0.4, 0.5) is 4.39 Å². The fraction of sp³-hybridized carbons (Fsp3) is 0.286. The zero-order valence-electron chi connectivity index (χ0n) is 16.8. The van der Waals surface area contributed by atoms with Gasteiger partial charge in [-0.25, -0.2) is 19.0 Å². The van der Waals surface area contributed by atoms with E-state index in [4.69, 9.17) is 0 Å². The van der Waals surface area contributed by atoms with Crippen molar-refractivity contribution in [1.82, 2.24) is 25.4 Å². The van der Waals surface area contributed by atoms with Crippen LogP contribution >= 0.6 is 24.0 Å². The minimum Gasteiger partial charge on any atom is -0.357 e. The van der Waals surface area contributed by atoms with Gasteiger partial charge in [-0.2, -0.15) is 5.10 Å². The van der Waals surface area contributed by atoms with Gasteiger partial charge in [0.1, 0.15) is 5.82 Å². The van der Waals surface area contributed by atoms with Gasteiger partial charge in [-0.15, -0.1) is 24.0 Å². The van der Waals surface area contributed by atoms with Crippen LogP contribution in [-0.2, 0) is 13.1 Å². The molecule has 29 heavy (non-hydrogen) atoms. The number of hydrogen-bond acceptors (Lipinski definition) is 3. The third-order valence-electron chi connectivity index (χ3n) is 4.20. The van der Waals surface area contributed by atoms with Crippen LogP contribution in [0.15, 0.2) is 53.7 Å². The van der Waals surface area contributed by atoms with E-state index >= 15 is 0 Å². The van der Waals surface area contributed by atoms with E-state index in [1.807, 2.05) is 49.7 Å². The minimum atomic E-state index is -0.227. The molecular formula is C21H26FIN6. The average molecular weight is 508 g/mol. The summed E-state index contributed by atoms with van der Waals surface area (Å²) in [5, 5.41) is 10.8. The smallest absolute Gasteiger partial charge is 0.191 e. The topological polar surface area (TPSA) is 67.1 Å². The first kappa shape index (κ1) is 22.8. The lowest BCUT2D eigenvalue weighted by Crippen LogP contribution is -2.37. The van der Waals surface area contributed by atoms with Crippen molar-refractivity contribution < 1.29 is 4.39 Å². The lowest BCUT2D eigenvalue weighted by Gasteiger charge is -2.12. The molecule has 0 saturated heterocycles. The molecule has 8 heteroatoms. The second-order valence-corrected chi connectivity index (χ2v) is 6.50. The Labute approximate surface area is 187 Å². The van der Waals surface area contributed by atoms with Gasteiger partial charge < -0.3 is 10.6 Å². The first-order valence-electron chi connectivity index (χ1n) is 9.31. The first-order valence-corrected chi connectivity index (χ1v) is 9.31. The van der Waals surface area contributed by atoms with Gasteiger partial charge in [-0.05, 0) is 44.5 Å². The quantitative estimate of drug-likeness (QED) is 0.301. The summed E-state index contributed by atoms with van der Waals surface area (Å²) in [6.45, 7) is 7.51. The molecule has 0 atom stereocenters. The summed E-state index contributed by atoms with van der Waals surface area (Å²) in [4.78, 5) is 9.06. The summed E-state index contributed by atoms with van der Waals surface area (Å²) < 4.78 is 15.6. The van der Waals surface area contributed by atoms with E-state index in [0.717, 1.165) is 29.3 Å². The number of aromatic nitrogens is 3. The summed E-state index contributed by atoms with van der Waals surface area (Å²) in [6, 6.07) is 12.7. The van der Waals surface area contributed by atoms with Gasteiger partial charge in [0.2, 0.25) is 0 Å². The summed E-state index contributed by atoms with van der Waals surface area (Å²) in [5.41, 5.74) is 3.59. The fourth-order valence-corrected chi connectivity index (χ4v) is 2.83. The molecule has 0 bridgehead atoms. The molecule has 154 valence electrons. The first-order chi connectivity index (χ1) is 13.6. The summed E-state index contributed by atoms with van der Waals surface area (Å²) in [7, 11) is 0. The second-order valence-electron chi connectivity index (χ2n) is 6.50. The number of nitrogens with zero attached hydrogens (tertiary/aromatic N) is 4. The molecule has 0 fully saturated rings. The predicted molar refractivity (Wildman–Crippen MR) is 124 cm³/mol. The van der Waals surface area contributed by atoms with E-state index in [9.17, 15) is 4.39 Å². The Morgan fingerprint density at radius 3 is 2.55 bits per heavy atom. The van der Waals surface area contributed by atoms with Crippen LogP contribution in [0.5, 0.6) is 0 Å². The van der Waals surface area contributed by atoms with E-state index in [2.05, 4.69) is 25.7 Å². The molecule has 0 unspecified atom stereocenters. The van der Waals surface area contributed by atoms with Crippen LogP contribution in [0.1, 0.15) is 29.4 Å². The Balaban J connectivity index is 0.00000300. The molecule has 1 aromatic carbocycles. The number of nitrogens with one attached hydrogen (secondary N) is 2. The van der Waals surface area contributed by atoms with Crippen molar-refractivity contribution in [3.05, 3.63) is 77.0 Å². The van der Waals surface area contributed by atoms with Crippen molar-refractivity contribution in [3.63, 3.8) is 0 Å². The highest BCUT2D eigenvalue weighted by Crippen LogP contribution is 2.11. The Hall–Kier alpha value is -2.49. The number of aryl methyl sites for hydroxylation is 2.